The number of imidazole rings is 1. The molecule has 1 aromatic heterocycles. The van der Waals surface area contributed by atoms with Crippen LogP contribution in [0.5, 0.6) is 0 Å². The van der Waals surface area contributed by atoms with E-state index in [9.17, 15) is 5.11 Å². The molecular formula is C20H23N3O. The maximum atomic E-state index is 10.3. The topological polar surface area (TPSA) is 50.1 Å². The molecule has 0 saturated heterocycles. The summed E-state index contributed by atoms with van der Waals surface area (Å²) in [5.74, 6) is 0. The third-order valence-corrected chi connectivity index (χ3v) is 4.23. The third-order valence-electron chi connectivity index (χ3n) is 4.23. The smallest absolute Gasteiger partial charge is 0.0991 e. The van der Waals surface area contributed by atoms with Crippen molar-refractivity contribution in [3.63, 3.8) is 0 Å². The number of nitrogens with zero attached hydrogens (tertiary/aromatic N) is 2. The minimum atomic E-state index is -0.405. The van der Waals surface area contributed by atoms with Gasteiger partial charge in [-0.05, 0) is 36.6 Å². The summed E-state index contributed by atoms with van der Waals surface area (Å²) < 4.78 is 1.98. The van der Waals surface area contributed by atoms with Crippen molar-refractivity contribution in [2.75, 3.05) is 0 Å². The van der Waals surface area contributed by atoms with Crippen LogP contribution in [0.25, 0.3) is 5.69 Å². The maximum absolute atomic E-state index is 10.3. The number of benzene rings is 2. The molecule has 2 aromatic carbocycles. The van der Waals surface area contributed by atoms with E-state index in [-0.39, 0.29) is 6.04 Å². The predicted octanol–water partition coefficient (Wildman–Crippen LogP) is 2.95. The zero-order chi connectivity index (χ0) is 16.8. The minimum absolute atomic E-state index is 0.0264. The lowest BCUT2D eigenvalue weighted by Crippen LogP contribution is -2.38. The van der Waals surface area contributed by atoms with Crippen molar-refractivity contribution in [3.8, 4) is 5.69 Å². The average molecular weight is 321 g/mol. The Bertz CT molecular complexity index is 723. The lowest BCUT2D eigenvalue weighted by atomic mass is 10.0. The van der Waals surface area contributed by atoms with Crippen LogP contribution in [0.1, 0.15) is 18.1 Å². The molecule has 0 bridgehead atoms. The van der Waals surface area contributed by atoms with Crippen molar-refractivity contribution in [3.05, 3.63) is 84.4 Å². The highest BCUT2D eigenvalue weighted by Crippen LogP contribution is 2.10. The van der Waals surface area contributed by atoms with E-state index in [4.69, 9.17) is 0 Å². The summed E-state index contributed by atoms with van der Waals surface area (Å²) in [6.07, 6.45) is 5.74. The monoisotopic (exact) mass is 321 g/mol. The van der Waals surface area contributed by atoms with Gasteiger partial charge in [-0.15, -0.1) is 0 Å². The van der Waals surface area contributed by atoms with E-state index in [0.717, 1.165) is 17.8 Å². The molecule has 1 heterocycles. The largest absolute Gasteiger partial charge is 0.391 e. The summed E-state index contributed by atoms with van der Waals surface area (Å²) in [6.45, 7) is 2.75. The fourth-order valence-corrected chi connectivity index (χ4v) is 2.65. The van der Waals surface area contributed by atoms with Crippen molar-refractivity contribution >= 4 is 0 Å². The molecule has 0 spiro atoms. The van der Waals surface area contributed by atoms with E-state index in [1.165, 1.54) is 5.56 Å². The lowest BCUT2D eigenvalue weighted by Gasteiger charge is -2.20. The first kappa shape index (κ1) is 16.4. The Morgan fingerprint density at radius 2 is 1.79 bits per heavy atom. The Morgan fingerprint density at radius 1 is 1.04 bits per heavy atom. The molecule has 0 saturated carbocycles. The number of aliphatic hydroxyl groups is 1. The first-order valence-corrected chi connectivity index (χ1v) is 8.25. The van der Waals surface area contributed by atoms with Gasteiger partial charge >= 0.3 is 0 Å². The van der Waals surface area contributed by atoms with E-state index < -0.39 is 6.10 Å². The lowest BCUT2D eigenvalue weighted by molar-refractivity contribution is 0.134. The predicted molar refractivity (Wildman–Crippen MR) is 96.0 cm³/mol. The molecule has 4 heteroatoms. The zero-order valence-electron chi connectivity index (χ0n) is 13.8. The molecule has 2 N–H and O–H groups in total. The summed E-state index contributed by atoms with van der Waals surface area (Å²) in [5, 5.41) is 13.7. The van der Waals surface area contributed by atoms with Gasteiger partial charge in [0, 0.05) is 30.7 Å². The van der Waals surface area contributed by atoms with E-state index in [0.29, 0.717) is 6.42 Å². The van der Waals surface area contributed by atoms with Gasteiger partial charge in [0.2, 0.25) is 0 Å². The normalized spacial score (nSPS) is 13.6. The van der Waals surface area contributed by atoms with Crippen molar-refractivity contribution in [2.24, 2.45) is 0 Å². The van der Waals surface area contributed by atoms with Gasteiger partial charge in [0.25, 0.3) is 0 Å². The molecule has 0 fully saturated rings. The van der Waals surface area contributed by atoms with Crippen LogP contribution in [0.15, 0.2) is 73.3 Å². The Morgan fingerprint density at radius 3 is 2.46 bits per heavy atom. The first-order valence-electron chi connectivity index (χ1n) is 8.25. The summed E-state index contributed by atoms with van der Waals surface area (Å²) >= 11 is 0. The van der Waals surface area contributed by atoms with Crippen LogP contribution in [0.2, 0.25) is 0 Å². The summed E-state index contributed by atoms with van der Waals surface area (Å²) in [4.78, 5) is 4.06. The van der Waals surface area contributed by atoms with Crippen molar-refractivity contribution in [1.29, 1.82) is 0 Å². The van der Waals surface area contributed by atoms with E-state index in [1.54, 1.807) is 12.5 Å². The van der Waals surface area contributed by atoms with E-state index in [1.807, 2.05) is 48.0 Å². The van der Waals surface area contributed by atoms with Gasteiger partial charge in [-0.25, -0.2) is 4.98 Å². The standard InChI is InChI=1S/C20H23N3O/c1-16(20(24)13-17-5-3-2-4-6-17)22-14-18-7-9-19(10-8-18)23-12-11-21-15-23/h2-12,15-16,20,22,24H,13-14H2,1H3. The Balaban J connectivity index is 1.51. The molecule has 0 amide bonds. The van der Waals surface area contributed by atoms with Crippen LogP contribution in [0, 0.1) is 0 Å². The van der Waals surface area contributed by atoms with Crippen LogP contribution in [0.4, 0.5) is 0 Å². The highest BCUT2D eigenvalue weighted by molar-refractivity contribution is 5.34. The summed E-state index contributed by atoms with van der Waals surface area (Å²) in [6, 6.07) is 18.5. The van der Waals surface area contributed by atoms with Crippen LogP contribution in [-0.4, -0.2) is 26.8 Å². The second kappa shape index (κ2) is 7.90. The molecule has 24 heavy (non-hydrogen) atoms. The Hall–Kier alpha value is -2.43. The number of aliphatic hydroxyl groups excluding tert-OH is 1. The van der Waals surface area contributed by atoms with Gasteiger partial charge < -0.3 is 15.0 Å². The van der Waals surface area contributed by atoms with E-state index in [2.05, 4.69) is 34.6 Å². The maximum Gasteiger partial charge on any atom is 0.0991 e. The van der Waals surface area contributed by atoms with Gasteiger partial charge in [0.05, 0.1) is 12.4 Å². The quantitative estimate of drug-likeness (QED) is 0.703. The molecule has 4 nitrogen and oxygen atoms in total. The molecule has 2 atom stereocenters. The SMILES string of the molecule is CC(NCc1ccc(-n2ccnc2)cc1)C(O)Cc1ccccc1. The van der Waals surface area contributed by atoms with Crippen LogP contribution in [-0.2, 0) is 13.0 Å². The molecule has 0 aliphatic carbocycles. The van der Waals surface area contributed by atoms with E-state index >= 15 is 0 Å². The molecule has 3 aromatic rings. The zero-order valence-corrected chi connectivity index (χ0v) is 13.8. The highest BCUT2D eigenvalue weighted by atomic mass is 16.3. The number of rotatable bonds is 7. The van der Waals surface area contributed by atoms with Crippen molar-refractivity contribution < 1.29 is 5.11 Å². The fourth-order valence-electron chi connectivity index (χ4n) is 2.65. The second-order valence-electron chi connectivity index (χ2n) is 6.06. The van der Waals surface area contributed by atoms with Crippen molar-refractivity contribution in [1.82, 2.24) is 14.9 Å². The second-order valence-corrected chi connectivity index (χ2v) is 6.06. The molecule has 124 valence electrons. The molecular weight excluding hydrogens is 298 g/mol. The number of nitrogens with one attached hydrogen (secondary N) is 1. The van der Waals surface area contributed by atoms with Gasteiger partial charge in [-0.2, -0.15) is 0 Å². The molecule has 0 aliphatic heterocycles. The number of aromatic nitrogens is 2. The Labute approximate surface area is 142 Å². The summed E-state index contributed by atoms with van der Waals surface area (Å²) in [7, 11) is 0. The minimum Gasteiger partial charge on any atom is -0.391 e. The third kappa shape index (κ3) is 4.31. The molecule has 0 radical (unpaired) electrons. The molecule has 0 aliphatic rings. The Kier molecular flexibility index (Phi) is 5.41. The highest BCUT2D eigenvalue weighted by Gasteiger charge is 2.14. The van der Waals surface area contributed by atoms with Crippen LogP contribution >= 0.6 is 0 Å². The number of hydrogen-bond donors (Lipinski definition) is 2. The van der Waals surface area contributed by atoms with Gasteiger partial charge in [-0.1, -0.05) is 42.5 Å². The van der Waals surface area contributed by atoms with Gasteiger partial charge in [0.1, 0.15) is 0 Å². The summed E-state index contributed by atoms with van der Waals surface area (Å²) in [5.41, 5.74) is 3.44. The van der Waals surface area contributed by atoms with Crippen molar-refractivity contribution in [2.45, 2.75) is 32.0 Å². The molecule has 3 rings (SSSR count). The average Bonchev–Trinajstić information content (AvgIpc) is 3.15. The fraction of sp³-hybridized carbons (Fsp3) is 0.250. The van der Waals surface area contributed by atoms with Gasteiger partial charge in [0.15, 0.2) is 0 Å². The van der Waals surface area contributed by atoms with Crippen LogP contribution in [0.3, 0.4) is 0 Å². The number of hydrogen-bond acceptors (Lipinski definition) is 3. The van der Waals surface area contributed by atoms with Gasteiger partial charge in [-0.3, -0.25) is 0 Å². The first-order chi connectivity index (χ1) is 11.7. The van der Waals surface area contributed by atoms with Crippen LogP contribution < -0.4 is 5.32 Å². The molecule has 2 unspecified atom stereocenters.